The summed E-state index contributed by atoms with van der Waals surface area (Å²) in [5.41, 5.74) is 0.971. The first-order valence-corrected chi connectivity index (χ1v) is 7.12. The number of hydrogen-bond donors (Lipinski definition) is 0. The molecule has 1 rings (SSSR count). The Balaban J connectivity index is 2.23. The highest BCUT2D eigenvalue weighted by molar-refractivity contribution is 5.73. The average Bonchev–Trinajstić information content (AvgIpc) is 2.44. The number of esters is 1. The van der Waals surface area contributed by atoms with Gasteiger partial charge in [0.25, 0.3) is 0 Å². The highest BCUT2D eigenvalue weighted by atomic mass is 16.5. The molecule has 0 spiro atoms. The average molecular weight is 272 g/mol. The number of benzene rings is 1. The second-order valence-corrected chi connectivity index (χ2v) is 5.31. The van der Waals surface area contributed by atoms with Crippen LogP contribution >= 0.6 is 0 Å². The molecule has 0 aliphatic rings. The summed E-state index contributed by atoms with van der Waals surface area (Å²) in [7, 11) is 0. The molecule has 2 atom stereocenters. The summed E-state index contributed by atoms with van der Waals surface area (Å²) in [5, 5.41) is 0. The van der Waals surface area contributed by atoms with Crippen molar-refractivity contribution >= 4 is 5.97 Å². The number of ether oxygens (including phenoxy) is 1. The van der Waals surface area contributed by atoms with E-state index in [1.54, 1.807) is 0 Å². The molecule has 2 nitrogen and oxygen atoms in total. The van der Waals surface area contributed by atoms with E-state index < -0.39 is 0 Å². The number of allylic oxidation sites excluding steroid dienone is 2. The summed E-state index contributed by atoms with van der Waals surface area (Å²) in [6.07, 6.45) is 7.74. The quantitative estimate of drug-likeness (QED) is 0.395. The molecule has 1 aromatic rings. The summed E-state index contributed by atoms with van der Waals surface area (Å²) < 4.78 is 5.09. The Morgan fingerprint density at radius 1 is 1.30 bits per heavy atom. The molecule has 0 radical (unpaired) electrons. The van der Waals surface area contributed by atoms with Gasteiger partial charge in [-0.3, -0.25) is 4.79 Å². The Kier molecular flexibility index (Phi) is 7.41. The predicted octanol–water partition coefficient (Wildman–Crippen LogP) is 4.52. The Morgan fingerprint density at radius 2 is 2.00 bits per heavy atom. The molecule has 20 heavy (non-hydrogen) atoms. The molecule has 0 N–H and O–H groups in total. The lowest BCUT2D eigenvalue weighted by atomic mass is 9.95. The van der Waals surface area contributed by atoms with Gasteiger partial charge in [0.05, 0.1) is 12.7 Å². The van der Waals surface area contributed by atoms with E-state index in [4.69, 9.17) is 4.74 Å². The van der Waals surface area contributed by atoms with Crippen LogP contribution in [0, 0.1) is 11.8 Å². The molecular formula is C18H24O2. The van der Waals surface area contributed by atoms with E-state index in [-0.39, 0.29) is 5.97 Å². The number of carbonyl (C=O) groups is 1. The SMILES string of the molecule is C=CC(C)CC(C)C/C=C/OC(=O)Cc1ccccc1. The van der Waals surface area contributed by atoms with Crippen LogP contribution in [0.4, 0.5) is 0 Å². The third-order valence-corrected chi connectivity index (χ3v) is 3.20. The van der Waals surface area contributed by atoms with Crippen LogP contribution in [0.3, 0.4) is 0 Å². The predicted molar refractivity (Wildman–Crippen MR) is 83.1 cm³/mol. The van der Waals surface area contributed by atoms with E-state index >= 15 is 0 Å². The van der Waals surface area contributed by atoms with Crippen molar-refractivity contribution in [2.45, 2.75) is 33.1 Å². The van der Waals surface area contributed by atoms with Crippen molar-refractivity contribution in [2.24, 2.45) is 11.8 Å². The Bertz CT molecular complexity index is 434. The molecule has 2 unspecified atom stereocenters. The van der Waals surface area contributed by atoms with Gasteiger partial charge >= 0.3 is 5.97 Å². The Hall–Kier alpha value is -1.83. The van der Waals surface area contributed by atoms with Gasteiger partial charge < -0.3 is 4.74 Å². The number of hydrogen-bond acceptors (Lipinski definition) is 2. The first-order chi connectivity index (χ1) is 9.61. The third kappa shape index (κ3) is 6.93. The highest BCUT2D eigenvalue weighted by Crippen LogP contribution is 2.16. The normalized spacial score (nSPS) is 13.9. The molecule has 0 aliphatic carbocycles. The van der Waals surface area contributed by atoms with Crippen LogP contribution in [0.2, 0.25) is 0 Å². The zero-order chi connectivity index (χ0) is 14.8. The lowest BCUT2D eigenvalue weighted by Crippen LogP contribution is -2.04. The minimum Gasteiger partial charge on any atom is -0.435 e. The first-order valence-electron chi connectivity index (χ1n) is 7.12. The van der Waals surface area contributed by atoms with Gasteiger partial charge in [0.1, 0.15) is 0 Å². The molecule has 0 bridgehead atoms. The molecule has 0 saturated heterocycles. The second-order valence-electron chi connectivity index (χ2n) is 5.31. The molecule has 1 aromatic carbocycles. The summed E-state index contributed by atoms with van der Waals surface area (Å²) in [4.78, 5) is 11.6. The molecule has 2 heteroatoms. The second kappa shape index (κ2) is 9.13. The van der Waals surface area contributed by atoms with Gasteiger partial charge in [0, 0.05) is 0 Å². The first kappa shape index (κ1) is 16.2. The molecular weight excluding hydrogens is 248 g/mol. The molecule has 0 amide bonds. The van der Waals surface area contributed by atoms with Gasteiger partial charge in [0.15, 0.2) is 0 Å². The van der Waals surface area contributed by atoms with E-state index in [9.17, 15) is 4.79 Å². The van der Waals surface area contributed by atoms with Gasteiger partial charge in [-0.2, -0.15) is 0 Å². The van der Waals surface area contributed by atoms with Crippen molar-refractivity contribution < 1.29 is 9.53 Å². The fourth-order valence-corrected chi connectivity index (χ4v) is 2.04. The maximum absolute atomic E-state index is 11.6. The summed E-state index contributed by atoms with van der Waals surface area (Å²) in [6.45, 7) is 8.14. The Labute approximate surface area is 122 Å². The summed E-state index contributed by atoms with van der Waals surface area (Å²) in [5.74, 6) is 0.866. The van der Waals surface area contributed by atoms with Crippen LogP contribution in [-0.4, -0.2) is 5.97 Å². The monoisotopic (exact) mass is 272 g/mol. The van der Waals surface area contributed by atoms with Gasteiger partial charge in [0.2, 0.25) is 0 Å². The lowest BCUT2D eigenvalue weighted by Gasteiger charge is -2.11. The van der Waals surface area contributed by atoms with Crippen molar-refractivity contribution in [3.05, 3.63) is 60.9 Å². The highest BCUT2D eigenvalue weighted by Gasteiger charge is 2.05. The van der Waals surface area contributed by atoms with E-state index in [1.165, 1.54) is 6.26 Å². The minimum atomic E-state index is -0.223. The van der Waals surface area contributed by atoms with Crippen LogP contribution < -0.4 is 0 Å². The molecule has 108 valence electrons. The van der Waals surface area contributed by atoms with Gasteiger partial charge in [-0.05, 0) is 36.3 Å². The molecule has 0 fully saturated rings. The smallest absolute Gasteiger partial charge is 0.315 e. The molecule has 0 saturated carbocycles. The topological polar surface area (TPSA) is 26.3 Å². The van der Waals surface area contributed by atoms with Crippen molar-refractivity contribution in [2.75, 3.05) is 0 Å². The van der Waals surface area contributed by atoms with Gasteiger partial charge in [-0.1, -0.05) is 50.3 Å². The van der Waals surface area contributed by atoms with E-state index in [1.807, 2.05) is 42.5 Å². The maximum Gasteiger partial charge on any atom is 0.315 e. The molecule has 0 aromatic heterocycles. The van der Waals surface area contributed by atoms with Crippen LogP contribution in [-0.2, 0) is 16.0 Å². The molecule has 0 aliphatic heterocycles. The van der Waals surface area contributed by atoms with E-state index in [0.717, 1.165) is 18.4 Å². The van der Waals surface area contributed by atoms with Gasteiger partial charge in [-0.25, -0.2) is 0 Å². The minimum absolute atomic E-state index is 0.223. The molecule has 0 heterocycles. The van der Waals surface area contributed by atoms with Crippen molar-refractivity contribution in [1.82, 2.24) is 0 Å². The lowest BCUT2D eigenvalue weighted by molar-refractivity contribution is -0.137. The largest absolute Gasteiger partial charge is 0.435 e. The number of carbonyl (C=O) groups excluding carboxylic acids is 1. The fraction of sp³-hybridized carbons (Fsp3) is 0.389. The Morgan fingerprint density at radius 3 is 2.65 bits per heavy atom. The standard InChI is InChI=1S/C18H24O2/c1-4-15(2)13-16(3)9-8-12-20-18(19)14-17-10-6-5-7-11-17/h4-8,10-12,15-16H,1,9,13-14H2,2-3H3/b12-8+. The van der Waals surface area contributed by atoms with Crippen LogP contribution in [0.5, 0.6) is 0 Å². The zero-order valence-electron chi connectivity index (χ0n) is 12.4. The van der Waals surface area contributed by atoms with E-state index in [0.29, 0.717) is 18.3 Å². The van der Waals surface area contributed by atoms with Crippen LogP contribution in [0.15, 0.2) is 55.3 Å². The van der Waals surface area contributed by atoms with Crippen LogP contribution in [0.25, 0.3) is 0 Å². The van der Waals surface area contributed by atoms with Crippen molar-refractivity contribution in [3.63, 3.8) is 0 Å². The third-order valence-electron chi connectivity index (χ3n) is 3.20. The zero-order valence-corrected chi connectivity index (χ0v) is 12.4. The van der Waals surface area contributed by atoms with Crippen LogP contribution in [0.1, 0.15) is 32.3 Å². The summed E-state index contributed by atoms with van der Waals surface area (Å²) >= 11 is 0. The number of rotatable bonds is 8. The van der Waals surface area contributed by atoms with Crippen molar-refractivity contribution in [3.8, 4) is 0 Å². The van der Waals surface area contributed by atoms with E-state index in [2.05, 4.69) is 20.4 Å². The van der Waals surface area contributed by atoms with Crippen molar-refractivity contribution in [1.29, 1.82) is 0 Å². The van der Waals surface area contributed by atoms with Gasteiger partial charge in [-0.15, -0.1) is 6.58 Å². The maximum atomic E-state index is 11.6. The summed E-state index contributed by atoms with van der Waals surface area (Å²) in [6, 6.07) is 9.61. The fourth-order valence-electron chi connectivity index (χ4n) is 2.04.